The minimum atomic E-state index is -0.801. The van der Waals surface area contributed by atoms with Crippen molar-refractivity contribution in [1.29, 1.82) is 0 Å². The number of methoxy groups -OCH3 is 2. The van der Waals surface area contributed by atoms with Crippen LogP contribution in [0.25, 0.3) is 0 Å². The summed E-state index contributed by atoms with van der Waals surface area (Å²) in [5, 5.41) is 0. The summed E-state index contributed by atoms with van der Waals surface area (Å²) >= 11 is 0. The first-order valence-electron chi connectivity index (χ1n) is 10.8. The number of hydrogen-bond donors (Lipinski definition) is 2. The van der Waals surface area contributed by atoms with E-state index in [9.17, 15) is 9.59 Å². The van der Waals surface area contributed by atoms with Gasteiger partial charge in [0, 0.05) is 26.1 Å². The molecule has 2 aromatic carbocycles. The van der Waals surface area contributed by atoms with E-state index in [1.807, 2.05) is 48.5 Å². The molecule has 0 radical (unpaired) electrons. The zero-order valence-electron chi connectivity index (χ0n) is 19.2. The van der Waals surface area contributed by atoms with E-state index in [-0.39, 0.29) is 12.7 Å². The molecule has 9 nitrogen and oxygen atoms in total. The van der Waals surface area contributed by atoms with Crippen LogP contribution in [-0.4, -0.2) is 57.1 Å². The molecule has 0 aliphatic heterocycles. The first kappa shape index (κ1) is 25.8. The number of nitrogens with two attached hydrogens (primary N) is 2. The van der Waals surface area contributed by atoms with Crippen molar-refractivity contribution in [3.63, 3.8) is 0 Å². The summed E-state index contributed by atoms with van der Waals surface area (Å²) in [6, 6.07) is 15.4. The Bertz CT molecular complexity index is 858. The second kappa shape index (κ2) is 13.8. The Balaban J connectivity index is 2.01. The van der Waals surface area contributed by atoms with E-state index >= 15 is 0 Å². The Kier molecular flexibility index (Phi) is 10.8. The second-order valence-corrected chi connectivity index (χ2v) is 7.55. The number of carbonyl (C=O) groups excluding carboxylic acids is 2. The predicted octanol–water partition coefficient (Wildman–Crippen LogP) is 3.09. The van der Waals surface area contributed by atoms with Gasteiger partial charge in [0.1, 0.15) is 17.6 Å². The summed E-state index contributed by atoms with van der Waals surface area (Å²) in [7, 11) is 3.24. The molecule has 0 fully saturated rings. The molecule has 2 amide bonds. The van der Waals surface area contributed by atoms with Crippen LogP contribution in [-0.2, 0) is 22.4 Å². The van der Waals surface area contributed by atoms with Gasteiger partial charge in [-0.1, -0.05) is 24.3 Å². The molecule has 1 unspecified atom stereocenters. The molecule has 0 saturated heterocycles. The van der Waals surface area contributed by atoms with E-state index in [4.69, 9.17) is 30.4 Å². The Morgan fingerprint density at radius 2 is 1.42 bits per heavy atom. The third kappa shape index (κ3) is 10.1. The number of amides is 2. The first-order chi connectivity index (χ1) is 15.9. The molecule has 0 bridgehead atoms. The summed E-state index contributed by atoms with van der Waals surface area (Å²) in [6.07, 6.45) is -0.221. The van der Waals surface area contributed by atoms with Crippen LogP contribution in [0, 0.1) is 0 Å². The van der Waals surface area contributed by atoms with Crippen LogP contribution < -0.4 is 20.9 Å². The summed E-state index contributed by atoms with van der Waals surface area (Å²) in [4.78, 5) is 24.5. The third-order valence-corrected chi connectivity index (χ3v) is 5.10. The number of benzene rings is 2. The van der Waals surface area contributed by atoms with Crippen molar-refractivity contribution in [2.24, 2.45) is 11.5 Å². The standard InChI is InChI=1S/C24H33N3O6/c1-30-20-8-4-18(5-9-20)16-22(33-24(26)29)12-14-27(13-3-15-32-23(25)28)17-19-6-10-21(31-2)11-7-19/h4-11,22H,3,12-17H2,1-2H3,(H2,25,28)(H2,26,29). The lowest BCUT2D eigenvalue weighted by atomic mass is 10.0. The summed E-state index contributed by atoms with van der Waals surface area (Å²) in [6.45, 7) is 2.23. The molecule has 0 aromatic heterocycles. The van der Waals surface area contributed by atoms with Gasteiger partial charge in [-0.2, -0.15) is 0 Å². The largest absolute Gasteiger partial charge is 0.497 e. The number of hydrogen-bond acceptors (Lipinski definition) is 7. The van der Waals surface area contributed by atoms with Gasteiger partial charge in [0.05, 0.1) is 20.8 Å². The third-order valence-electron chi connectivity index (χ3n) is 5.10. The lowest BCUT2D eigenvalue weighted by Crippen LogP contribution is -2.32. The Labute approximate surface area is 194 Å². The fourth-order valence-electron chi connectivity index (χ4n) is 3.44. The number of rotatable bonds is 14. The second-order valence-electron chi connectivity index (χ2n) is 7.55. The molecule has 1 atom stereocenters. The van der Waals surface area contributed by atoms with Crippen molar-refractivity contribution in [3.8, 4) is 11.5 Å². The van der Waals surface area contributed by atoms with Crippen LogP contribution in [0.1, 0.15) is 24.0 Å². The van der Waals surface area contributed by atoms with Crippen molar-refractivity contribution in [3.05, 3.63) is 59.7 Å². The van der Waals surface area contributed by atoms with Gasteiger partial charge in [-0.25, -0.2) is 9.59 Å². The summed E-state index contributed by atoms with van der Waals surface area (Å²) in [5.74, 6) is 1.55. The smallest absolute Gasteiger partial charge is 0.404 e. The lowest BCUT2D eigenvalue weighted by molar-refractivity contribution is 0.0895. The Hall–Kier alpha value is -3.46. The van der Waals surface area contributed by atoms with Crippen LogP contribution in [0.4, 0.5) is 9.59 Å². The highest BCUT2D eigenvalue weighted by Crippen LogP contribution is 2.17. The molecule has 0 heterocycles. The van der Waals surface area contributed by atoms with Crippen molar-refractivity contribution < 1.29 is 28.5 Å². The molecule has 0 aliphatic carbocycles. The van der Waals surface area contributed by atoms with Gasteiger partial charge >= 0.3 is 12.2 Å². The van der Waals surface area contributed by atoms with Crippen molar-refractivity contribution in [2.75, 3.05) is 33.9 Å². The predicted molar refractivity (Wildman–Crippen MR) is 124 cm³/mol. The van der Waals surface area contributed by atoms with Crippen LogP contribution in [0.2, 0.25) is 0 Å². The molecule has 2 rings (SSSR count). The topological polar surface area (TPSA) is 126 Å². The molecule has 2 aromatic rings. The lowest BCUT2D eigenvalue weighted by Gasteiger charge is -2.25. The highest BCUT2D eigenvalue weighted by molar-refractivity contribution is 5.65. The first-order valence-corrected chi connectivity index (χ1v) is 10.8. The number of nitrogens with zero attached hydrogens (tertiary/aromatic N) is 1. The maximum Gasteiger partial charge on any atom is 0.404 e. The maximum absolute atomic E-state index is 11.5. The molecule has 0 aliphatic rings. The fraction of sp³-hybridized carbons (Fsp3) is 0.417. The molecular weight excluding hydrogens is 426 g/mol. The van der Waals surface area contributed by atoms with Gasteiger partial charge in [0.2, 0.25) is 0 Å². The molecule has 0 saturated carbocycles. The maximum atomic E-state index is 11.5. The van der Waals surface area contributed by atoms with Crippen LogP contribution in [0.15, 0.2) is 48.5 Å². The average Bonchev–Trinajstić information content (AvgIpc) is 2.80. The summed E-state index contributed by atoms with van der Waals surface area (Å²) in [5.41, 5.74) is 12.5. The van der Waals surface area contributed by atoms with Gasteiger partial charge in [-0.15, -0.1) is 0 Å². The molecule has 33 heavy (non-hydrogen) atoms. The molecule has 9 heteroatoms. The minimum Gasteiger partial charge on any atom is -0.497 e. The zero-order chi connectivity index (χ0) is 24.1. The van der Waals surface area contributed by atoms with Gasteiger partial charge in [-0.3, -0.25) is 4.90 Å². The number of carbonyl (C=O) groups is 2. The van der Waals surface area contributed by atoms with E-state index in [1.54, 1.807) is 14.2 Å². The highest BCUT2D eigenvalue weighted by Gasteiger charge is 2.17. The van der Waals surface area contributed by atoms with E-state index < -0.39 is 12.2 Å². The molecule has 4 N–H and O–H groups in total. The van der Waals surface area contributed by atoms with Crippen LogP contribution in [0.5, 0.6) is 11.5 Å². The van der Waals surface area contributed by atoms with Crippen molar-refractivity contribution in [2.45, 2.75) is 31.9 Å². The average molecular weight is 460 g/mol. The quantitative estimate of drug-likeness (QED) is 0.416. The molecular formula is C24H33N3O6. The fourth-order valence-corrected chi connectivity index (χ4v) is 3.44. The zero-order valence-corrected chi connectivity index (χ0v) is 19.2. The molecule has 0 spiro atoms. The molecule has 180 valence electrons. The Morgan fingerprint density at radius 1 is 0.848 bits per heavy atom. The van der Waals surface area contributed by atoms with Gasteiger partial charge < -0.3 is 30.4 Å². The van der Waals surface area contributed by atoms with Crippen molar-refractivity contribution in [1.82, 2.24) is 4.90 Å². The normalized spacial score (nSPS) is 11.6. The summed E-state index contributed by atoms with van der Waals surface area (Å²) < 4.78 is 20.6. The van der Waals surface area contributed by atoms with Gasteiger partial charge in [0.25, 0.3) is 0 Å². The minimum absolute atomic E-state index is 0.238. The van der Waals surface area contributed by atoms with Gasteiger partial charge in [0.15, 0.2) is 0 Å². The monoisotopic (exact) mass is 459 g/mol. The van der Waals surface area contributed by atoms with Gasteiger partial charge in [-0.05, 0) is 48.2 Å². The highest BCUT2D eigenvalue weighted by atomic mass is 16.6. The van der Waals surface area contributed by atoms with E-state index in [2.05, 4.69) is 4.90 Å². The SMILES string of the molecule is COc1ccc(CC(CCN(CCCOC(N)=O)Cc2ccc(OC)cc2)OC(N)=O)cc1. The van der Waals surface area contributed by atoms with E-state index in [0.717, 1.165) is 22.6 Å². The van der Waals surface area contributed by atoms with Crippen molar-refractivity contribution >= 4 is 12.2 Å². The number of primary amides is 2. The van der Waals surface area contributed by atoms with Crippen LogP contribution >= 0.6 is 0 Å². The Morgan fingerprint density at radius 3 is 1.94 bits per heavy atom. The van der Waals surface area contributed by atoms with Crippen LogP contribution in [0.3, 0.4) is 0 Å². The number of ether oxygens (including phenoxy) is 4. The van der Waals surface area contributed by atoms with E-state index in [0.29, 0.717) is 38.9 Å². The van der Waals surface area contributed by atoms with E-state index in [1.165, 1.54) is 0 Å².